The minimum atomic E-state index is -0.125. The van der Waals surface area contributed by atoms with Crippen molar-refractivity contribution in [1.82, 2.24) is 10.6 Å². The predicted octanol–water partition coefficient (Wildman–Crippen LogP) is 2.99. The second kappa shape index (κ2) is 7.28. The van der Waals surface area contributed by atoms with Gasteiger partial charge in [-0.05, 0) is 43.7 Å². The first-order valence-electron chi connectivity index (χ1n) is 7.86. The molecule has 4 heteroatoms. The maximum atomic E-state index is 12.2. The van der Waals surface area contributed by atoms with E-state index in [1.807, 2.05) is 6.07 Å². The molecule has 0 radical (unpaired) electrons. The second-order valence-corrected chi connectivity index (χ2v) is 6.28. The van der Waals surface area contributed by atoms with Crippen molar-refractivity contribution in [1.29, 1.82) is 0 Å². The van der Waals surface area contributed by atoms with Gasteiger partial charge < -0.3 is 10.6 Å². The lowest BCUT2D eigenvalue weighted by Crippen LogP contribution is -2.47. The van der Waals surface area contributed by atoms with Crippen molar-refractivity contribution in [3.05, 3.63) is 35.9 Å². The van der Waals surface area contributed by atoms with E-state index in [1.165, 1.54) is 31.2 Å². The third-order valence-corrected chi connectivity index (χ3v) is 4.58. The maximum Gasteiger partial charge on any atom is 0.234 e. The van der Waals surface area contributed by atoms with Crippen LogP contribution in [0.4, 0.5) is 0 Å². The Morgan fingerprint density at radius 3 is 2.43 bits per heavy atom. The molecule has 2 saturated carbocycles. The molecule has 0 aromatic heterocycles. The Morgan fingerprint density at radius 2 is 1.81 bits per heavy atom. The van der Waals surface area contributed by atoms with E-state index in [-0.39, 0.29) is 23.9 Å². The summed E-state index contributed by atoms with van der Waals surface area (Å²) in [7, 11) is 0. The topological polar surface area (TPSA) is 41.1 Å². The van der Waals surface area contributed by atoms with Crippen molar-refractivity contribution in [2.45, 2.75) is 44.1 Å². The van der Waals surface area contributed by atoms with Gasteiger partial charge >= 0.3 is 0 Å². The zero-order valence-electron chi connectivity index (χ0n) is 12.4. The first kappa shape index (κ1) is 16.3. The average Bonchev–Trinajstić information content (AvgIpc) is 3.17. The third kappa shape index (κ3) is 4.21. The molecule has 21 heavy (non-hydrogen) atoms. The molecule has 2 fully saturated rings. The second-order valence-electron chi connectivity index (χ2n) is 6.28. The lowest BCUT2D eigenvalue weighted by atomic mass is 9.88. The molecule has 3 nitrogen and oxygen atoms in total. The van der Waals surface area contributed by atoms with Gasteiger partial charge in [-0.25, -0.2) is 0 Å². The van der Waals surface area contributed by atoms with Crippen LogP contribution < -0.4 is 10.6 Å². The number of halogens is 1. The summed E-state index contributed by atoms with van der Waals surface area (Å²) in [6.07, 6.45) is 7.16. The summed E-state index contributed by atoms with van der Waals surface area (Å²) < 4.78 is 0. The van der Waals surface area contributed by atoms with Crippen LogP contribution in [0, 0.1) is 5.92 Å². The van der Waals surface area contributed by atoms with Crippen molar-refractivity contribution < 1.29 is 4.79 Å². The van der Waals surface area contributed by atoms with Crippen molar-refractivity contribution in [3.8, 4) is 0 Å². The number of amides is 1. The largest absolute Gasteiger partial charge is 0.345 e. The van der Waals surface area contributed by atoms with Crippen molar-refractivity contribution >= 4 is 18.3 Å². The van der Waals surface area contributed by atoms with Gasteiger partial charge in [-0.15, -0.1) is 12.4 Å². The van der Waals surface area contributed by atoms with Crippen LogP contribution in [-0.4, -0.2) is 19.0 Å². The SMILES string of the molecule is Cl.O=C(CNCC1CC1)NC1(c2ccccc2)CCCC1. The van der Waals surface area contributed by atoms with Crippen molar-refractivity contribution in [2.24, 2.45) is 5.92 Å². The van der Waals surface area contributed by atoms with E-state index in [1.54, 1.807) is 0 Å². The summed E-state index contributed by atoms with van der Waals surface area (Å²) in [6.45, 7) is 1.44. The van der Waals surface area contributed by atoms with E-state index in [0.29, 0.717) is 6.54 Å². The minimum absolute atomic E-state index is 0. The van der Waals surface area contributed by atoms with Crippen molar-refractivity contribution in [2.75, 3.05) is 13.1 Å². The van der Waals surface area contributed by atoms with Crippen LogP contribution in [0.2, 0.25) is 0 Å². The quantitative estimate of drug-likeness (QED) is 0.848. The van der Waals surface area contributed by atoms with E-state index in [4.69, 9.17) is 0 Å². The molecular formula is C17H25ClN2O. The average molecular weight is 309 g/mol. The number of hydrogen-bond acceptors (Lipinski definition) is 2. The maximum absolute atomic E-state index is 12.2. The summed E-state index contributed by atoms with van der Waals surface area (Å²) >= 11 is 0. The molecule has 0 heterocycles. The first-order valence-corrected chi connectivity index (χ1v) is 7.86. The highest BCUT2D eigenvalue weighted by molar-refractivity contribution is 5.85. The molecule has 3 rings (SSSR count). The van der Waals surface area contributed by atoms with Crippen LogP contribution in [0.1, 0.15) is 44.1 Å². The molecule has 116 valence electrons. The van der Waals surface area contributed by atoms with Gasteiger partial charge in [0, 0.05) is 0 Å². The Hall–Kier alpha value is -1.06. The van der Waals surface area contributed by atoms with Gasteiger partial charge in [0.1, 0.15) is 0 Å². The Labute approximate surface area is 133 Å². The van der Waals surface area contributed by atoms with E-state index in [9.17, 15) is 4.79 Å². The molecule has 1 amide bonds. The van der Waals surface area contributed by atoms with Gasteiger partial charge in [-0.1, -0.05) is 43.2 Å². The van der Waals surface area contributed by atoms with E-state index >= 15 is 0 Å². The molecular weight excluding hydrogens is 284 g/mol. The highest BCUT2D eigenvalue weighted by atomic mass is 35.5. The van der Waals surface area contributed by atoms with E-state index < -0.39 is 0 Å². The monoisotopic (exact) mass is 308 g/mol. The number of carbonyl (C=O) groups is 1. The van der Waals surface area contributed by atoms with Crippen LogP contribution >= 0.6 is 12.4 Å². The van der Waals surface area contributed by atoms with E-state index in [0.717, 1.165) is 25.3 Å². The van der Waals surface area contributed by atoms with Crippen LogP contribution in [-0.2, 0) is 10.3 Å². The molecule has 0 bridgehead atoms. The smallest absolute Gasteiger partial charge is 0.234 e. The lowest BCUT2D eigenvalue weighted by molar-refractivity contribution is -0.122. The number of benzene rings is 1. The van der Waals surface area contributed by atoms with Gasteiger partial charge in [0.25, 0.3) is 0 Å². The summed E-state index contributed by atoms with van der Waals surface area (Å²) in [5.74, 6) is 0.953. The Kier molecular flexibility index (Phi) is 5.65. The van der Waals surface area contributed by atoms with Gasteiger partial charge in [0.05, 0.1) is 12.1 Å². The Morgan fingerprint density at radius 1 is 1.14 bits per heavy atom. The Bertz CT molecular complexity index is 453. The van der Waals surface area contributed by atoms with Gasteiger partial charge in [-0.2, -0.15) is 0 Å². The molecule has 2 aliphatic carbocycles. The molecule has 0 saturated heterocycles. The highest BCUT2D eigenvalue weighted by Crippen LogP contribution is 2.38. The minimum Gasteiger partial charge on any atom is -0.345 e. The van der Waals surface area contributed by atoms with Crippen LogP contribution in [0.5, 0.6) is 0 Å². The molecule has 0 spiro atoms. The molecule has 2 aliphatic rings. The first-order chi connectivity index (χ1) is 9.78. The fourth-order valence-corrected chi connectivity index (χ4v) is 3.24. The van der Waals surface area contributed by atoms with Crippen LogP contribution in [0.3, 0.4) is 0 Å². The summed E-state index contributed by atoms with van der Waals surface area (Å²) in [5, 5.41) is 6.58. The molecule has 0 unspecified atom stereocenters. The lowest BCUT2D eigenvalue weighted by Gasteiger charge is -2.31. The van der Waals surface area contributed by atoms with Gasteiger partial charge in [0.15, 0.2) is 0 Å². The zero-order chi connectivity index (χ0) is 13.8. The summed E-state index contributed by atoms with van der Waals surface area (Å²) in [4.78, 5) is 12.2. The van der Waals surface area contributed by atoms with E-state index in [2.05, 4.69) is 34.9 Å². The molecule has 1 aromatic carbocycles. The normalized spacial score (nSPS) is 19.8. The molecule has 2 N–H and O–H groups in total. The zero-order valence-corrected chi connectivity index (χ0v) is 13.3. The fourth-order valence-electron chi connectivity index (χ4n) is 3.24. The number of hydrogen-bond donors (Lipinski definition) is 2. The number of nitrogens with one attached hydrogen (secondary N) is 2. The van der Waals surface area contributed by atoms with Gasteiger partial charge in [-0.3, -0.25) is 4.79 Å². The van der Waals surface area contributed by atoms with Crippen LogP contribution in [0.25, 0.3) is 0 Å². The number of carbonyl (C=O) groups excluding carboxylic acids is 1. The molecule has 0 atom stereocenters. The molecule has 1 aromatic rings. The molecule has 0 aliphatic heterocycles. The highest BCUT2D eigenvalue weighted by Gasteiger charge is 2.36. The van der Waals surface area contributed by atoms with Crippen molar-refractivity contribution in [3.63, 3.8) is 0 Å². The van der Waals surface area contributed by atoms with Gasteiger partial charge in [0.2, 0.25) is 5.91 Å². The standard InChI is InChI=1S/C17H24N2O.ClH/c20-16(13-18-12-14-8-9-14)19-17(10-4-5-11-17)15-6-2-1-3-7-15;/h1-3,6-7,14,18H,4-5,8-13H2,(H,19,20);1H. The number of rotatable bonds is 6. The summed E-state index contributed by atoms with van der Waals surface area (Å²) in [6, 6.07) is 10.4. The van der Waals surface area contributed by atoms with Crippen LogP contribution in [0.15, 0.2) is 30.3 Å². The predicted molar refractivity (Wildman–Crippen MR) is 87.6 cm³/mol. The Balaban J connectivity index is 0.00000161. The third-order valence-electron chi connectivity index (χ3n) is 4.58. The fraction of sp³-hybridized carbons (Fsp3) is 0.588. The summed E-state index contributed by atoms with van der Waals surface area (Å²) in [5.41, 5.74) is 1.13.